The Morgan fingerprint density at radius 1 is 1.33 bits per heavy atom. The molecule has 3 heteroatoms. The van der Waals surface area contributed by atoms with Gasteiger partial charge in [0.15, 0.2) is 0 Å². The second-order valence-corrected chi connectivity index (χ2v) is 10.8. The third kappa shape index (κ3) is 3.39. The van der Waals surface area contributed by atoms with E-state index in [4.69, 9.17) is 5.11 Å². The largest absolute Gasteiger partial charge is 0.481 e. The van der Waals surface area contributed by atoms with Crippen LogP contribution in [0.4, 0.5) is 0 Å². The topological polar surface area (TPSA) is 37.3 Å². The molecule has 12 heavy (non-hydrogen) atoms. The Morgan fingerprint density at radius 2 is 1.75 bits per heavy atom. The van der Waals surface area contributed by atoms with Crippen molar-refractivity contribution < 1.29 is 9.90 Å². The van der Waals surface area contributed by atoms with Crippen LogP contribution in [0.2, 0.25) is 24.2 Å². The fraction of sp³-hybridized carbons (Fsp3) is 0.889. The second kappa shape index (κ2) is 3.60. The number of hydrogen-bond donors (Lipinski definition) is 1. The van der Waals surface area contributed by atoms with Crippen molar-refractivity contribution in [2.75, 3.05) is 0 Å². The molecule has 0 aliphatic heterocycles. The van der Waals surface area contributed by atoms with E-state index in [1.165, 1.54) is 0 Å². The Morgan fingerprint density at radius 3 is 2.00 bits per heavy atom. The summed E-state index contributed by atoms with van der Waals surface area (Å²) < 4.78 is 0. The summed E-state index contributed by atoms with van der Waals surface area (Å²) in [4.78, 5) is 10.4. The lowest BCUT2D eigenvalue weighted by Gasteiger charge is -2.36. The predicted molar refractivity (Wildman–Crippen MR) is 54.3 cm³/mol. The monoisotopic (exact) mass is 188 g/mol. The lowest BCUT2D eigenvalue weighted by molar-refractivity contribution is -0.136. The zero-order valence-electron chi connectivity index (χ0n) is 8.77. The smallest absolute Gasteiger partial charge is 0.303 e. The quantitative estimate of drug-likeness (QED) is 0.691. The summed E-state index contributed by atoms with van der Waals surface area (Å²) in [6, 6.07) is 0.881. The number of carboxylic acids is 1. The molecule has 0 atom stereocenters. The molecule has 0 bridgehead atoms. The van der Waals surface area contributed by atoms with Gasteiger partial charge in [-0.25, -0.2) is 0 Å². The number of carbonyl (C=O) groups is 1. The molecule has 0 saturated carbocycles. The van der Waals surface area contributed by atoms with Gasteiger partial charge in [0, 0.05) is 6.42 Å². The van der Waals surface area contributed by atoms with Crippen molar-refractivity contribution in [1.29, 1.82) is 0 Å². The summed E-state index contributed by atoms with van der Waals surface area (Å²) >= 11 is 0. The van der Waals surface area contributed by atoms with Crippen LogP contribution >= 0.6 is 0 Å². The molecule has 0 heterocycles. The molecule has 0 radical (unpaired) electrons. The Balaban J connectivity index is 4.14. The van der Waals surface area contributed by atoms with Crippen molar-refractivity contribution in [1.82, 2.24) is 0 Å². The average molecular weight is 188 g/mol. The van der Waals surface area contributed by atoms with Crippen LogP contribution in [0.25, 0.3) is 0 Å². The van der Waals surface area contributed by atoms with Gasteiger partial charge < -0.3 is 5.11 Å². The first-order valence-corrected chi connectivity index (χ1v) is 7.59. The first-order chi connectivity index (χ1) is 5.17. The van der Waals surface area contributed by atoms with Gasteiger partial charge in [0.2, 0.25) is 0 Å². The van der Waals surface area contributed by atoms with E-state index in [2.05, 4.69) is 33.9 Å². The number of carboxylic acid groups (broad SMARTS) is 1. The van der Waals surface area contributed by atoms with Crippen molar-refractivity contribution in [3.8, 4) is 0 Å². The van der Waals surface area contributed by atoms with Gasteiger partial charge in [0.1, 0.15) is 0 Å². The standard InChI is InChI=1S/C9H20O2Si/c1-9(2,3)12(4,5)7-6-8(10)11/h6-7H2,1-5H3,(H,10,11). The second-order valence-electron chi connectivity index (χ2n) is 5.03. The Hall–Kier alpha value is -0.313. The van der Waals surface area contributed by atoms with Gasteiger partial charge in [-0.05, 0) is 11.1 Å². The van der Waals surface area contributed by atoms with Gasteiger partial charge in [-0.1, -0.05) is 33.9 Å². The van der Waals surface area contributed by atoms with Crippen molar-refractivity contribution >= 4 is 14.0 Å². The third-order valence-electron chi connectivity index (χ3n) is 2.99. The highest BCUT2D eigenvalue weighted by atomic mass is 28.3. The van der Waals surface area contributed by atoms with Crippen molar-refractivity contribution in [2.45, 2.75) is 51.4 Å². The van der Waals surface area contributed by atoms with Crippen molar-refractivity contribution in [3.05, 3.63) is 0 Å². The van der Waals surface area contributed by atoms with Crippen LogP contribution in [-0.2, 0) is 4.79 Å². The maximum Gasteiger partial charge on any atom is 0.303 e. The number of rotatable bonds is 3. The first-order valence-electron chi connectivity index (χ1n) is 4.38. The van der Waals surface area contributed by atoms with Gasteiger partial charge in [-0.3, -0.25) is 4.79 Å². The molecular weight excluding hydrogens is 168 g/mol. The van der Waals surface area contributed by atoms with E-state index in [0.717, 1.165) is 6.04 Å². The number of aliphatic carboxylic acids is 1. The van der Waals surface area contributed by atoms with Crippen LogP contribution < -0.4 is 0 Å². The molecule has 0 aromatic heterocycles. The minimum atomic E-state index is -1.35. The van der Waals surface area contributed by atoms with E-state index in [1.54, 1.807) is 0 Å². The highest BCUT2D eigenvalue weighted by Crippen LogP contribution is 2.39. The molecule has 0 rings (SSSR count). The summed E-state index contributed by atoms with van der Waals surface area (Å²) in [6.07, 6.45) is 0.330. The fourth-order valence-electron chi connectivity index (χ4n) is 0.794. The molecule has 0 aromatic carbocycles. The summed E-state index contributed by atoms with van der Waals surface area (Å²) in [5, 5.41) is 8.87. The highest BCUT2D eigenvalue weighted by molar-refractivity contribution is 6.80. The maximum atomic E-state index is 10.4. The maximum absolute atomic E-state index is 10.4. The Kier molecular flexibility index (Phi) is 3.51. The van der Waals surface area contributed by atoms with E-state index in [9.17, 15) is 4.79 Å². The molecule has 1 N–H and O–H groups in total. The van der Waals surface area contributed by atoms with E-state index in [-0.39, 0.29) is 0 Å². The minimum Gasteiger partial charge on any atom is -0.481 e. The predicted octanol–water partition coefficient (Wildman–Crippen LogP) is 2.97. The summed E-state index contributed by atoms with van der Waals surface area (Å²) in [6.45, 7) is 11.1. The first kappa shape index (κ1) is 11.7. The number of hydrogen-bond acceptors (Lipinski definition) is 1. The third-order valence-corrected chi connectivity index (χ3v) is 8.55. The summed E-state index contributed by atoms with van der Waals surface area (Å²) in [7, 11) is -1.35. The molecule has 0 spiro atoms. The molecule has 0 saturated heterocycles. The molecule has 0 amide bonds. The SMILES string of the molecule is CC(C)(C)[Si](C)(C)CCC(=O)O. The fourth-order valence-corrected chi connectivity index (χ4v) is 2.38. The van der Waals surface area contributed by atoms with E-state index in [1.807, 2.05) is 0 Å². The summed E-state index contributed by atoms with van der Waals surface area (Å²) in [5.74, 6) is -0.667. The van der Waals surface area contributed by atoms with Crippen LogP contribution in [0.5, 0.6) is 0 Å². The van der Waals surface area contributed by atoms with Gasteiger partial charge in [-0.15, -0.1) is 0 Å². The van der Waals surface area contributed by atoms with E-state index < -0.39 is 14.0 Å². The molecule has 0 aromatic rings. The van der Waals surface area contributed by atoms with Gasteiger partial charge in [0.05, 0.1) is 8.07 Å². The van der Waals surface area contributed by atoms with Gasteiger partial charge in [-0.2, -0.15) is 0 Å². The molecule has 2 nitrogen and oxygen atoms in total. The molecule has 0 aliphatic rings. The zero-order valence-corrected chi connectivity index (χ0v) is 9.77. The Bertz CT molecular complexity index is 168. The lowest BCUT2D eigenvalue weighted by atomic mass is 10.2. The molecule has 0 unspecified atom stereocenters. The van der Waals surface area contributed by atoms with Crippen LogP contribution in [0, 0.1) is 0 Å². The molecule has 0 aliphatic carbocycles. The zero-order chi connectivity index (χ0) is 9.99. The van der Waals surface area contributed by atoms with E-state index in [0.29, 0.717) is 11.5 Å². The molecular formula is C9H20O2Si. The molecule has 0 fully saturated rings. The van der Waals surface area contributed by atoms with E-state index >= 15 is 0 Å². The van der Waals surface area contributed by atoms with Crippen LogP contribution in [-0.4, -0.2) is 19.1 Å². The van der Waals surface area contributed by atoms with Crippen LogP contribution in [0.1, 0.15) is 27.2 Å². The highest BCUT2D eigenvalue weighted by Gasteiger charge is 2.34. The van der Waals surface area contributed by atoms with Gasteiger partial charge in [0.25, 0.3) is 0 Å². The summed E-state index contributed by atoms with van der Waals surface area (Å²) in [5.41, 5.74) is 0. The Labute approximate surface area is 76.0 Å². The van der Waals surface area contributed by atoms with Crippen molar-refractivity contribution in [2.24, 2.45) is 0 Å². The van der Waals surface area contributed by atoms with Crippen LogP contribution in [0.3, 0.4) is 0 Å². The average Bonchev–Trinajstić information content (AvgIpc) is 1.81. The molecule has 72 valence electrons. The van der Waals surface area contributed by atoms with Gasteiger partial charge >= 0.3 is 5.97 Å². The minimum absolute atomic E-state index is 0.308. The lowest BCUT2D eigenvalue weighted by Crippen LogP contribution is -2.37. The normalized spacial score (nSPS) is 13.1. The van der Waals surface area contributed by atoms with Crippen LogP contribution in [0.15, 0.2) is 0 Å². The van der Waals surface area contributed by atoms with Crippen molar-refractivity contribution in [3.63, 3.8) is 0 Å².